The first kappa shape index (κ1) is 12.4. The molecule has 0 unspecified atom stereocenters. The zero-order valence-corrected chi connectivity index (χ0v) is 9.29. The van der Waals surface area contributed by atoms with Crippen molar-refractivity contribution >= 4 is 11.6 Å². The molecular formula is C11H15FN2O2. The molecule has 1 amide bonds. The first-order valence-electron chi connectivity index (χ1n) is 4.98. The minimum absolute atomic E-state index is 0.0860. The van der Waals surface area contributed by atoms with Gasteiger partial charge in [-0.05, 0) is 18.6 Å². The number of anilines is 1. The van der Waals surface area contributed by atoms with Crippen LogP contribution in [0.25, 0.3) is 0 Å². The minimum atomic E-state index is -0.559. The summed E-state index contributed by atoms with van der Waals surface area (Å²) in [6.45, 7) is 1.81. The molecule has 0 spiro atoms. The second-order valence-corrected chi connectivity index (χ2v) is 3.35. The molecule has 1 aromatic carbocycles. The van der Waals surface area contributed by atoms with Crippen molar-refractivity contribution in [1.29, 1.82) is 0 Å². The summed E-state index contributed by atoms with van der Waals surface area (Å²) in [5.74, 6) is -0.681. The van der Waals surface area contributed by atoms with Gasteiger partial charge in [-0.3, -0.25) is 4.79 Å². The van der Waals surface area contributed by atoms with E-state index in [2.05, 4.69) is 5.32 Å². The molecule has 1 atom stereocenters. The van der Waals surface area contributed by atoms with Crippen molar-refractivity contribution < 1.29 is 13.9 Å². The van der Waals surface area contributed by atoms with E-state index in [0.717, 1.165) is 0 Å². The van der Waals surface area contributed by atoms with Gasteiger partial charge in [0.25, 0.3) is 0 Å². The molecule has 1 aromatic rings. The molecule has 0 fully saturated rings. The van der Waals surface area contributed by atoms with Gasteiger partial charge in [0.05, 0.1) is 13.2 Å². The number of rotatable bonds is 4. The van der Waals surface area contributed by atoms with E-state index < -0.39 is 11.9 Å². The Hall–Kier alpha value is -1.62. The van der Waals surface area contributed by atoms with Crippen molar-refractivity contribution in [3.63, 3.8) is 0 Å². The lowest BCUT2D eigenvalue weighted by Gasteiger charge is -2.11. The van der Waals surface area contributed by atoms with Crippen molar-refractivity contribution in [2.75, 3.05) is 12.4 Å². The standard InChI is InChI=1S/C11H15FN2O2/c1-3-9(13)11(15)14-7-4-5-8(12)10(6-7)16-2/h4-6,9H,3,13H2,1-2H3,(H,14,15)/t9-/m0/s1. The fourth-order valence-electron chi connectivity index (χ4n) is 1.16. The van der Waals surface area contributed by atoms with Crippen molar-refractivity contribution in [1.82, 2.24) is 0 Å². The van der Waals surface area contributed by atoms with E-state index in [-0.39, 0.29) is 11.7 Å². The molecule has 4 nitrogen and oxygen atoms in total. The Balaban J connectivity index is 2.78. The van der Waals surface area contributed by atoms with Crippen molar-refractivity contribution in [3.8, 4) is 5.75 Å². The van der Waals surface area contributed by atoms with Crippen LogP contribution in [-0.2, 0) is 4.79 Å². The maximum atomic E-state index is 13.1. The lowest BCUT2D eigenvalue weighted by Crippen LogP contribution is -2.34. The number of nitrogens with one attached hydrogen (secondary N) is 1. The summed E-state index contributed by atoms with van der Waals surface area (Å²) < 4.78 is 17.9. The highest BCUT2D eigenvalue weighted by Gasteiger charge is 2.12. The highest BCUT2D eigenvalue weighted by Crippen LogP contribution is 2.21. The molecule has 0 radical (unpaired) electrons. The summed E-state index contributed by atoms with van der Waals surface area (Å²) in [6.07, 6.45) is 0.546. The SMILES string of the molecule is CC[C@H](N)C(=O)Nc1ccc(F)c(OC)c1. The van der Waals surface area contributed by atoms with Gasteiger partial charge >= 0.3 is 0 Å². The molecule has 88 valence electrons. The van der Waals surface area contributed by atoms with Crippen LogP contribution in [0.5, 0.6) is 5.75 Å². The fraction of sp³-hybridized carbons (Fsp3) is 0.364. The van der Waals surface area contributed by atoms with E-state index in [4.69, 9.17) is 10.5 Å². The number of methoxy groups -OCH3 is 1. The molecule has 0 aliphatic heterocycles. The van der Waals surface area contributed by atoms with Crippen LogP contribution in [0.2, 0.25) is 0 Å². The number of halogens is 1. The van der Waals surface area contributed by atoms with Gasteiger partial charge in [-0.2, -0.15) is 0 Å². The van der Waals surface area contributed by atoms with Gasteiger partial charge in [0, 0.05) is 11.8 Å². The first-order valence-corrected chi connectivity index (χ1v) is 4.98. The smallest absolute Gasteiger partial charge is 0.241 e. The number of carbonyl (C=O) groups excluding carboxylic acids is 1. The molecule has 0 saturated carbocycles. The van der Waals surface area contributed by atoms with Crippen LogP contribution in [0.1, 0.15) is 13.3 Å². The Labute approximate surface area is 93.6 Å². The van der Waals surface area contributed by atoms with Gasteiger partial charge in [0.15, 0.2) is 11.6 Å². The summed E-state index contributed by atoms with van der Waals surface area (Å²) in [5, 5.41) is 2.58. The van der Waals surface area contributed by atoms with Crippen LogP contribution in [0, 0.1) is 5.82 Å². The molecule has 0 aliphatic rings. The summed E-state index contributed by atoms with van der Waals surface area (Å²) in [4.78, 5) is 11.5. The van der Waals surface area contributed by atoms with Crippen LogP contribution in [0.4, 0.5) is 10.1 Å². The number of benzene rings is 1. The van der Waals surface area contributed by atoms with Crippen LogP contribution in [-0.4, -0.2) is 19.1 Å². The molecule has 0 aliphatic carbocycles. The number of hydrogen-bond donors (Lipinski definition) is 2. The molecule has 1 rings (SSSR count). The monoisotopic (exact) mass is 226 g/mol. The Morgan fingerprint density at radius 2 is 2.31 bits per heavy atom. The van der Waals surface area contributed by atoms with Crippen LogP contribution in [0.15, 0.2) is 18.2 Å². The second-order valence-electron chi connectivity index (χ2n) is 3.35. The molecule has 0 heterocycles. The van der Waals surface area contributed by atoms with Crippen LogP contribution >= 0.6 is 0 Å². The van der Waals surface area contributed by atoms with E-state index in [0.29, 0.717) is 12.1 Å². The lowest BCUT2D eigenvalue weighted by molar-refractivity contribution is -0.117. The predicted molar refractivity (Wildman–Crippen MR) is 59.8 cm³/mol. The number of nitrogens with two attached hydrogens (primary N) is 1. The lowest BCUT2D eigenvalue weighted by atomic mass is 10.2. The quantitative estimate of drug-likeness (QED) is 0.817. The third-order valence-electron chi connectivity index (χ3n) is 2.20. The molecule has 16 heavy (non-hydrogen) atoms. The van der Waals surface area contributed by atoms with Crippen LogP contribution in [0.3, 0.4) is 0 Å². The van der Waals surface area contributed by atoms with Gasteiger partial charge in [0.2, 0.25) is 5.91 Å². The second kappa shape index (κ2) is 5.46. The molecule has 5 heteroatoms. The molecule has 0 bridgehead atoms. The van der Waals surface area contributed by atoms with E-state index in [1.807, 2.05) is 6.92 Å². The van der Waals surface area contributed by atoms with Crippen LogP contribution < -0.4 is 15.8 Å². The fourth-order valence-corrected chi connectivity index (χ4v) is 1.16. The Kier molecular flexibility index (Phi) is 4.25. The first-order chi connectivity index (χ1) is 7.58. The number of amides is 1. The van der Waals surface area contributed by atoms with Gasteiger partial charge in [-0.15, -0.1) is 0 Å². The highest BCUT2D eigenvalue weighted by atomic mass is 19.1. The maximum Gasteiger partial charge on any atom is 0.241 e. The number of hydrogen-bond acceptors (Lipinski definition) is 3. The van der Waals surface area contributed by atoms with Crippen molar-refractivity contribution in [2.45, 2.75) is 19.4 Å². The zero-order valence-electron chi connectivity index (χ0n) is 9.29. The number of ether oxygens (including phenoxy) is 1. The molecule has 0 saturated heterocycles. The summed E-state index contributed by atoms with van der Waals surface area (Å²) in [7, 11) is 1.36. The van der Waals surface area contributed by atoms with Gasteiger partial charge < -0.3 is 15.8 Å². The predicted octanol–water partition coefficient (Wildman–Crippen LogP) is 1.51. The normalized spacial score (nSPS) is 12.0. The maximum absolute atomic E-state index is 13.1. The summed E-state index contributed by atoms with van der Waals surface area (Å²) in [5.41, 5.74) is 6.01. The zero-order chi connectivity index (χ0) is 12.1. The largest absolute Gasteiger partial charge is 0.494 e. The average Bonchev–Trinajstić information content (AvgIpc) is 2.30. The van der Waals surface area contributed by atoms with E-state index in [9.17, 15) is 9.18 Å². The Bertz CT molecular complexity index is 382. The van der Waals surface area contributed by atoms with E-state index >= 15 is 0 Å². The minimum Gasteiger partial charge on any atom is -0.494 e. The third-order valence-corrected chi connectivity index (χ3v) is 2.20. The Morgan fingerprint density at radius 1 is 1.62 bits per heavy atom. The van der Waals surface area contributed by atoms with E-state index in [1.165, 1.54) is 25.3 Å². The summed E-state index contributed by atoms with van der Waals surface area (Å²) >= 11 is 0. The molecular weight excluding hydrogens is 211 g/mol. The topological polar surface area (TPSA) is 64.4 Å². The average molecular weight is 226 g/mol. The number of carbonyl (C=O) groups is 1. The third kappa shape index (κ3) is 2.93. The van der Waals surface area contributed by atoms with Gasteiger partial charge in [-0.1, -0.05) is 6.92 Å². The van der Waals surface area contributed by atoms with Crippen molar-refractivity contribution in [3.05, 3.63) is 24.0 Å². The summed E-state index contributed by atoms with van der Waals surface area (Å²) in [6, 6.07) is 3.54. The van der Waals surface area contributed by atoms with E-state index in [1.54, 1.807) is 0 Å². The van der Waals surface area contributed by atoms with Gasteiger partial charge in [-0.25, -0.2) is 4.39 Å². The molecule has 0 aromatic heterocycles. The highest BCUT2D eigenvalue weighted by molar-refractivity contribution is 5.94. The van der Waals surface area contributed by atoms with Crippen molar-refractivity contribution in [2.24, 2.45) is 5.73 Å². The molecule has 3 N–H and O–H groups in total. The Morgan fingerprint density at radius 3 is 2.88 bits per heavy atom. The van der Waals surface area contributed by atoms with Gasteiger partial charge in [0.1, 0.15) is 0 Å².